The molecule has 3 rings (SSSR count). The minimum absolute atomic E-state index is 0.641. The van der Waals surface area contributed by atoms with Gasteiger partial charge in [-0.2, -0.15) is 5.10 Å². The largest absolute Gasteiger partial charge is 0.496 e. The van der Waals surface area contributed by atoms with E-state index in [9.17, 15) is 0 Å². The van der Waals surface area contributed by atoms with Crippen LogP contribution in [0.5, 0.6) is 5.75 Å². The van der Waals surface area contributed by atoms with E-state index in [0.717, 1.165) is 23.0 Å². The molecule has 6 nitrogen and oxygen atoms in total. The van der Waals surface area contributed by atoms with Gasteiger partial charge in [0.05, 0.1) is 12.8 Å². The Kier molecular flexibility index (Phi) is 5.88. The first-order valence-corrected chi connectivity index (χ1v) is 8.45. The molecule has 0 spiro atoms. The van der Waals surface area contributed by atoms with E-state index in [1.54, 1.807) is 20.4 Å². The standard InChI is InChI=1S/C20H23N5O/c1-21-20(23-15-17-6-3-4-7-19(17)26-2)22-14-16-8-10-18(11-9-16)25-13-5-12-24-25/h3-13H,14-15H2,1-2H3,(H2,21,22,23). The highest BCUT2D eigenvalue weighted by Gasteiger charge is 2.04. The molecule has 134 valence electrons. The van der Waals surface area contributed by atoms with Gasteiger partial charge in [-0.3, -0.25) is 4.99 Å². The van der Waals surface area contributed by atoms with Gasteiger partial charge in [-0.25, -0.2) is 4.68 Å². The van der Waals surface area contributed by atoms with Gasteiger partial charge in [-0.1, -0.05) is 30.3 Å². The number of hydrogen-bond donors (Lipinski definition) is 2. The van der Waals surface area contributed by atoms with Gasteiger partial charge in [0.15, 0.2) is 5.96 Å². The number of aliphatic imine (C=N–C) groups is 1. The highest BCUT2D eigenvalue weighted by atomic mass is 16.5. The zero-order valence-electron chi connectivity index (χ0n) is 15.0. The van der Waals surface area contributed by atoms with E-state index in [0.29, 0.717) is 13.1 Å². The molecule has 1 heterocycles. The van der Waals surface area contributed by atoms with Crippen LogP contribution in [0.15, 0.2) is 72.0 Å². The molecule has 0 amide bonds. The third kappa shape index (κ3) is 4.42. The molecule has 0 radical (unpaired) electrons. The number of nitrogens with one attached hydrogen (secondary N) is 2. The lowest BCUT2D eigenvalue weighted by Gasteiger charge is -2.14. The van der Waals surface area contributed by atoms with E-state index in [1.807, 2.05) is 41.2 Å². The van der Waals surface area contributed by atoms with Crippen molar-refractivity contribution in [2.45, 2.75) is 13.1 Å². The summed E-state index contributed by atoms with van der Waals surface area (Å²) in [5.41, 5.74) is 3.29. The first kappa shape index (κ1) is 17.5. The third-order valence-electron chi connectivity index (χ3n) is 4.03. The summed E-state index contributed by atoms with van der Waals surface area (Å²) < 4.78 is 7.21. The fourth-order valence-corrected chi connectivity index (χ4v) is 2.62. The van der Waals surface area contributed by atoms with Gasteiger partial charge < -0.3 is 15.4 Å². The van der Waals surface area contributed by atoms with E-state index in [1.165, 1.54) is 5.56 Å². The van der Waals surface area contributed by atoms with Gasteiger partial charge in [-0.05, 0) is 29.8 Å². The molecule has 0 saturated heterocycles. The van der Waals surface area contributed by atoms with Crippen molar-refractivity contribution in [1.82, 2.24) is 20.4 Å². The summed E-state index contributed by atoms with van der Waals surface area (Å²) in [5.74, 6) is 1.61. The molecule has 0 aliphatic rings. The van der Waals surface area contributed by atoms with Crippen LogP contribution in [0.4, 0.5) is 0 Å². The third-order valence-corrected chi connectivity index (χ3v) is 4.03. The lowest BCUT2D eigenvalue weighted by molar-refractivity contribution is 0.409. The van der Waals surface area contributed by atoms with Gasteiger partial charge in [-0.15, -0.1) is 0 Å². The molecule has 6 heteroatoms. The second-order valence-electron chi connectivity index (χ2n) is 5.71. The fraction of sp³-hybridized carbons (Fsp3) is 0.200. The number of benzene rings is 2. The van der Waals surface area contributed by atoms with Crippen molar-refractivity contribution in [2.75, 3.05) is 14.2 Å². The Bertz CT molecular complexity index is 841. The highest BCUT2D eigenvalue weighted by molar-refractivity contribution is 5.79. The van der Waals surface area contributed by atoms with Crippen LogP contribution >= 0.6 is 0 Å². The molecule has 2 N–H and O–H groups in total. The maximum absolute atomic E-state index is 5.38. The molecule has 0 atom stereocenters. The van der Waals surface area contributed by atoms with E-state index in [2.05, 4.69) is 45.0 Å². The van der Waals surface area contributed by atoms with Crippen LogP contribution in [0.3, 0.4) is 0 Å². The molecule has 1 aromatic heterocycles. The number of guanidine groups is 1. The molecule has 0 fully saturated rings. The van der Waals surface area contributed by atoms with E-state index in [-0.39, 0.29) is 0 Å². The van der Waals surface area contributed by atoms with Crippen LogP contribution in [0, 0.1) is 0 Å². The molecule has 0 aliphatic heterocycles. The maximum Gasteiger partial charge on any atom is 0.191 e. The predicted octanol–water partition coefficient (Wildman–Crippen LogP) is 2.75. The van der Waals surface area contributed by atoms with Crippen molar-refractivity contribution < 1.29 is 4.74 Å². The average molecular weight is 349 g/mol. The minimum atomic E-state index is 0.641. The summed E-state index contributed by atoms with van der Waals surface area (Å²) in [7, 11) is 3.44. The van der Waals surface area contributed by atoms with Gasteiger partial charge in [0.25, 0.3) is 0 Å². The van der Waals surface area contributed by atoms with Crippen molar-refractivity contribution in [1.29, 1.82) is 0 Å². The second-order valence-corrected chi connectivity index (χ2v) is 5.71. The van der Waals surface area contributed by atoms with Crippen LogP contribution in [-0.4, -0.2) is 29.9 Å². The fourth-order valence-electron chi connectivity index (χ4n) is 2.62. The quantitative estimate of drug-likeness (QED) is 0.531. The summed E-state index contributed by atoms with van der Waals surface area (Å²) in [6.07, 6.45) is 3.70. The number of ether oxygens (including phenoxy) is 1. The molecule has 0 bridgehead atoms. The highest BCUT2D eigenvalue weighted by Crippen LogP contribution is 2.16. The van der Waals surface area contributed by atoms with Gasteiger partial charge in [0, 0.05) is 38.1 Å². The van der Waals surface area contributed by atoms with Crippen LogP contribution < -0.4 is 15.4 Å². The van der Waals surface area contributed by atoms with Crippen molar-refractivity contribution in [2.24, 2.45) is 4.99 Å². The lowest BCUT2D eigenvalue weighted by Crippen LogP contribution is -2.36. The van der Waals surface area contributed by atoms with Gasteiger partial charge in [0.2, 0.25) is 0 Å². The molecule has 26 heavy (non-hydrogen) atoms. The number of para-hydroxylation sites is 1. The molecule has 0 unspecified atom stereocenters. The number of nitrogens with zero attached hydrogens (tertiary/aromatic N) is 3. The smallest absolute Gasteiger partial charge is 0.191 e. The summed E-state index contributed by atoms with van der Waals surface area (Å²) in [4.78, 5) is 4.27. The van der Waals surface area contributed by atoms with E-state index >= 15 is 0 Å². The first-order chi connectivity index (χ1) is 12.8. The van der Waals surface area contributed by atoms with Crippen LogP contribution in [0.1, 0.15) is 11.1 Å². The zero-order chi connectivity index (χ0) is 18.2. The summed E-state index contributed by atoms with van der Waals surface area (Å²) >= 11 is 0. The number of aromatic nitrogens is 2. The number of hydrogen-bond acceptors (Lipinski definition) is 3. The van der Waals surface area contributed by atoms with Gasteiger partial charge in [0.1, 0.15) is 5.75 Å². The number of rotatable bonds is 6. The Hall–Kier alpha value is -3.28. The summed E-state index contributed by atoms with van der Waals surface area (Å²) in [6, 6.07) is 18.1. The van der Waals surface area contributed by atoms with Crippen molar-refractivity contribution in [3.63, 3.8) is 0 Å². The van der Waals surface area contributed by atoms with Crippen molar-refractivity contribution in [3.8, 4) is 11.4 Å². The monoisotopic (exact) mass is 349 g/mol. The van der Waals surface area contributed by atoms with Crippen LogP contribution in [0.25, 0.3) is 5.69 Å². The Balaban J connectivity index is 1.54. The molecule has 3 aromatic rings. The molecular formula is C20H23N5O. The Morgan fingerprint density at radius 2 is 1.81 bits per heavy atom. The maximum atomic E-state index is 5.38. The minimum Gasteiger partial charge on any atom is -0.496 e. The lowest BCUT2D eigenvalue weighted by atomic mass is 10.2. The first-order valence-electron chi connectivity index (χ1n) is 8.45. The van der Waals surface area contributed by atoms with E-state index in [4.69, 9.17) is 4.74 Å². The van der Waals surface area contributed by atoms with Gasteiger partial charge >= 0.3 is 0 Å². The Labute approximate surface area is 153 Å². The average Bonchev–Trinajstić information content (AvgIpc) is 3.23. The van der Waals surface area contributed by atoms with Crippen molar-refractivity contribution in [3.05, 3.63) is 78.1 Å². The Morgan fingerprint density at radius 1 is 1.04 bits per heavy atom. The normalized spacial score (nSPS) is 11.2. The molecule has 0 aliphatic carbocycles. The summed E-state index contributed by atoms with van der Waals surface area (Å²) in [6.45, 7) is 1.33. The summed E-state index contributed by atoms with van der Waals surface area (Å²) in [5, 5.41) is 10.9. The van der Waals surface area contributed by atoms with Crippen LogP contribution in [-0.2, 0) is 13.1 Å². The van der Waals surface area contributed by atoms with Crippen molar-refractivity contribution >= 4 is 5.96 Å². The zero-order valence-corrected chi connectivity index (χ0v) is 15.0. The molecular weight excluding hydrogens is 326 g/mol. The van der Waals surface area contributed by atoms with Crippen LogP contribution in [0.2, 0.25) is 0 Å². The SMILES string of the molecule is CN=C(NCc1ccc(-n2cccn2)cc1)NCc1ccccc1OC. The number of methoxy groups -OCH3 is 1. The second kappa shape index (κ2) is 8.71. The topological polar surface area (TPSA) is 63.5 Å². The molecule has 0 saturated carbocycles. The molecule has 2 aromatic carbocycles. The van der Waals surface area contributed by atoms with E-state index < -0.39 is 0 Å². The Morgan fingerprint density at radius 3 is 2.50 bits per heavy atom. The predicted molar refractivity (Wildman–Crippen MR) is 104 cm³/mol.